The summed E-state index contributed by atoms with van der Waals surface area (Å²) in [4.78, 5) is 28.7. The Hall–Kier alpha value is -1.53. The molecule has 1 aromatic carbocycles. The molecule has 2 aliphatic rings. The van der Waals surface area contributed by atoms with Crippen molar-refractivity contribution in [2.24, 2.45) is 11.7 Å². The first kappa shape index (κ1) is 17.3. The maximum atomic E-state index is 12.9. The summed E-state index contributed by atoms with van der Waals surface area (Å²) in [6, 6.07) is 9.91. The van der Waals surface area contributed by atoms with Crippen LogP contribution in [-0.4, -0.2) is 58.8 Å². The molecule has 0 saturated carbocycles. The highest BCUT2D eigenvalue weighted by atomic mass is 32.2. The van der Waals surface area contributed by atoms with Crippen molar-refractivity contribution in [3.05, 3.63) is 35.9 Å². The molecule has 2 saturated heterocycles. The Morgan fingerprint density at radius 2 is 2.00 bits per heavy atom. The van der Waals surface area contributed by atoms with Crippen LogP contribution < -0.4 is 5.73 Å². The summed E-state index contributed by atoms with van der Waals surface area (Å²) in [5, 5.41) is 0. The molecule has 0 aliphatic carbocycles. The predicted octanol–water partition coefficient (Wildman–Crippen LogP) is 1.33. The van der Waals surface area contributed by atoms with Crippen molar-refractivity contribution >= 4 is 23.6 Å². The third kappa shape index (κ3) is 4.11. The predicted molar refractivity (Wildman–Crippen MR) is 96.5 cm³/mol. The number of thioether (sulfide) groups is 1. The van der Waals surface area contributed by atoms with Crippen LogP contribution in [0.2, 0.25) is 0 Å². The second-order valence-corrected chi connectivity index (χ2v) is 7.73. The first-order valence-corrected chi connectivity index (χ1v) is 9.74. The van der Waals surface area contributed by atoms with Crippen molar-refractivity contribution < 1.29 is 9.59 Å². The quantitative estimate of drug-likeness (QED) is 0.892. The maximum absolute atomic E-state index is 12.9. The van der Waals surface area contributed by atoms with Crippen molar-refractivity contribution in [3.63, 3.8) is 0 Å². The number of benzene rings is 1. The van der Waals surface area contributed by atoms with Crippen molar-refractivity contribution in [2.75, 3.05) is 31.1 Å². The van der Waals surface area contributed by atoms with Gasteiger partial charge in [0.2, 0.25) is 11.8 Å². The first-order chi connectivity index (χ1) is 11.6. The van der Waals surface area contributed by atoms with Crippen molar-refractivity contribution in [3.8, 4) is 0 Å². The van der Waals surface area contributed by atoms with E-state index in [-0.39, 0.29) is 17.7 Å². The van der Waals surface area contributed by atoms with E-state index >= 15 is 0 Å². The topological polar surface area (TPSA) is 66.6 Å². The van der Waals surface area contributed by atoms with Crippen molar-refractivity contribution in [1.29, 1.82) is 0 Å². The highest BCUT2D eigenvalue weighted by molar-refractivity contribution is 7.99. The molecule has 6 heteroatoms. The molecule has 2 fully saturated rings. The molecule has 5 nitrogen and oxygen atoms in total. The molecule has 0 radical (unpaired) electrons. The lowest BCUT2D eigenvalue weighted by Gasteiger charge is -2.39. The molecule has 0 unspecified atom stereocenters. The van der Waals surface area contributed by atoms with Gasteiger partial charge in [0.1, 0.15) is 6.04 Å². The number of amides is 2. The Morgan fingerprint density at radius 1 is 1.21 bits per heavy atom. The zero-order chi connectivity index (χ0) is 16.9. The molecule has 0 bridgehead atoms. The SMILES string of the molecule is NC(=O)[C@@H]1CSCCN1C(=O)[C@@H]1CCCN(Cc2ccccc2)C1. The average Bonchev–Trinajstić information content (AvgIpc) is 2.62. The van der Waals surface area contributed by atoms with Crippen LogP contribution in [0.3, 0.4) is 0 Å². The van der Waals surface area contributed by atoms with Gasteiger partial charge in [0.05, 0.1) is 5.92 Å². The molecule has 2 N–H and O–H groups in total. The molecule has 2 heterocycles. The van der Waals surface area contributed by atoms with E-state index in [4.69, 9.17) is 5.73 Å². The maximum Gasteiger partial charge on any atom is 0.241 e. The smallest absolute Gasteiger partial charge is 0.241 e. The fourth-order valence-corrected chi connectivity index (χ4v) is 4.64. The second-order valence-electron chi connectivity index (χ2n) is 6.58. The van der Waals surface area contributed by atoms with E-state index in [1.807, 2.05) is 18.2 Å². The number of primary amides is 1. The summed E-state index contributed by atoms with van der Waals surface area (Å²) >= 11 is 1.70. The molecule has 24 heavy (non-hydrogen) atoms. The number of piperidine rings is 1. The Labute approximate surface area is 147 Å². The molecule has 130 valence electrons. The summed E-state index contributed by atoms with van der Waals surface area (Å²) in [6.45, 7) is 3.29. The third-order valence-electron chi connectivity index (χ3n) is 4.84. The molecule has 2 atom stereocenters. The summed E-state index contributed by atoms with van der Waals surface area (Å²) in [5.74, 6) is 1.22. The highest BCUT2D eigenvalue weighted by Gasteiger charge is 2.36. The van der Waals surface area contributed by atoms with E-state index in [1.165, 1.54) is 5.56 Å². The van der Waals surface area contributed by atoms with Gasteiger partial charge in [0.15, 0.2) is 0 Å². The Kier molecular flexibility index (Phi) is 5.79. The monoisotopic (exact) mass is 347 g/mol. The minimum atomic E-state index is -0.444. The molecule has 2 amide bonds. The lowest BCUT2D eigenvalue weighted by molar-refractivity contribution is -0.143. The van der Waals surface area contributed by atoms with Crippen LogP contribution in [0.4, 0.5) is 0 Å². The number of nitrogens with two attached hydrogens (primary N) is 1. The lowest BCUT2D eigenvalue weighted by Crippen LogP contribution is -2.55. The number of nitrogens with zero attached hydrogens (tertiary/aromatic N) is 2. The molecular weight excluding hydrogens is 322 g/mol. The van der Waals surface area contributed by atoms with Crippen LogP contribution >= 0.6 is 11.8 Å². The molecular formula is C18H25N3O2S. The molecule has 2 aliphatic heterocycles. The van der Waals surface area contributed by atoms with Crippen LogP contribution in [0.15, 0.2) is 30.3 Å². The summed E-state index contributed by atoms with van der Waals surface area (Å²) < 4.78 is 0. The van der Waals surface area contributed by atoms with Crippen LogP contribution in [0.5, 0.6) is 0 Å². The van der Waals surface area contributed by atoms with Gasteiger partial charge in [-0.25, -0.2) is 0 Å². The zero-order valence-electron chi connectivity index (χ0n) is 13.9. The van der Waals surface area contributed by atoms with Crippen LogP contribution in [-0.2, 0) is 16.1 Å². The van der Waals surface area contributed by atoms with E-state index in [0.717, 1.165) is 38.2 Å². The fourth-order valence-electron chi connectivity index (χ4n) is 3.58. The van der Waals surface area contributed by atoms with Gasteiger partial charge in [-0.2, -0.15) is 11.8 Å². The number of rotatable bonds is 4. The van der Waals surface area contributed by atoms with Crippen molar-refractivity contribution in [1.82, 2.24) is 9.80 Å². The lowest BCUT2D eigenvalue weighted by atomic mass is 9.95. The van der Waals surface area contributed by atoms with Gasteiger partial charge in [-0.15, -0.1) is 0 Å². The van der Waals surface area contributed by atoms with Crippen LogP contribution in [0.25, 0.3) is 0 Å². The second kappa shape index (κ2) is 8.03. The third-order valence-corrected chi connectivity index (χ3v) is 5.87. The minimum Gasteiger partial charge on any atom is -0.368 e. The molecule has 1 aromatic rings. The summed E-state index contributed by atoms with van der Waals surface area (Å²) in [7, 11) is 0. The number of carbonyl (C=O) groups excluding carboxylic acids is 2. The highest BCUT2D eigenvalue weighted by Crippen LogP contribution is 2.24. The largest absolute Gasteiger partial charge is 0.368 e. The normalized spacial score (nSPS) is 25.4. The fraction of sp³-hybridized carbons (Fsp3) is 0.556. The van der Waals surface area contributed by atoms with Gasteiger partial charge >= 0.3 is 0 Å². The van der Waals surface area contributed by atoms with Gasteiger partial charge in [0.25, 0.3) is 0 Å². The van der Waals surface area contributed by atoms with Crippen molar-refractivity contribution in [2.45, 2.75) is 25.4 Å². The van der Waals surface area contributed by atoms with Crippen LogP contribution in [0.1, 0.15) is 18.4 Å². The number of hydrogen-bond donors (Lipinski definition) is 1. The van der Waals surface area contributed by atoms with Crippen LogP contribution in [0, 0.1) is 5.92 Å². The van der Waals surface area contributed by atoms with Gasteiger partial charge < -0.3 is 10.6 Å². The Balaban J connectivity index is 1.63. The Morgan fingerprint density at radius 3 is 2.75 bits per heavy atom. The Bertz CT molecular complexity index is 581. The molecule has 3 rings (SSSR count). The van der Waals surface area contributed by atoms with Gasteiger partial charge in [-0.1, -0.05) is 30.3 Å². The summed E-state index contributed by atoms with van der Waals surface area (Å²) in [6.07, 6.45) is 1.92. The van der Waals surface area contributed by atoms with Gasteiger partial charge in [-0.05, 0) is 24.9 Å². The van der Waals surface area contributed by atoms with E-state index in [9.17, 15) is 9.59 Å². The molecule has 0 spiro atoms. The zero-order valence-corrected chi connectivity index (χ0v) is 14.7. The van der Waals surface area contributed by atoms with Gasteiger partial charge in [-0.3, -0.25) is 14.5 Å². The molecule has 0 aromatic heterocycles. The number of carbonyl (C=O) groups is 2. The standard InChI is InChI=1S/C18H25N3O2S/c19-17(22)16-13-24-10-9-21(16)18(23)15-7-4-8-20(12-15)11-14-5-2-1-3-6-14/h1-3,5-6,15-16H,4,7-13H2,(H2,19,22)/t15-,16+/m1/s1. The number of likely N-dealkylation sites (tertiary alicyclic amines) is 1. The van der Waals surface area contributed by atoms with E-state index in [2.05, 4.69) is 17.0 Å². The van der Waals surface area contributed by atoms with E-state index in [1.54, 1.807) is 16.7 Å². The first-order valence-electron chi connectivity index (χ1n) is 8.59. The average molecular weight is 347 g/mol. The van der Waals surface area contributed by atoms with Gasteiger partial charge in [0, 0.05) is 31.1 Å². The number of hydrogen-bond acceptors (Lipinski definition) is 4. The summed E-state index contributed by atoms with van der Waals surface area (Å²) in [5.41, 5.74) is 6.77. The van der Waals surface area contributed by atoms with E-state index in [0.29, 0.717) is 12.3 Å². The minimum absolute atomic E-state index is 0.0209. The van der Waals surface area contributed by atoms with E-state index < -0.39 is 6.04 Å².